The zero-order valence-electron chi connectivity index (χ0n) is 18.2. The van der Waals surface area contributed by atoms with Gasteiger partial charge in [-0.1, -0.05) is 6.07 Å². The van der Waals surface area contributed by atoms with E-state index in [4.69, 9.17) is 9.47 Å². The molecular formula is C22H31NO6. The molecule has 0 spiro atoms. The van der Waals surface area contributed by atoms with E-state index >= 15 is 0 Å². The lowest BCUT2D eigenvalue weighted by atomic mass is 9.62. The number of esters is 2. The van der Waals surface area contributed by atoms with Gasteiger partial charge in [0.2, 0.25) is 0 Å². The van der Waals surface area contributed by atoms with Crippen LogP contribution >= 0.6 is 0 Å². The van der Waals surface area contributed by atoms with Crippen LogP contribution in [-0.2, 0) is 23.9 Å². The summed E-state index contributed by atoms with van der Waals surface area (Å²) in [6.45, 7) is 11.7. The molecule has 1 fully saturated rings. The lowest BCUT2D eigenvalue weighted by molar-refractivity contribution is -0.182. The predicted octanol–water partition coefficient (Wildman–Crippen LogP) is 2.80. The zero-order chi connectivity index (χ0) is 22.2. The normalized spacial score (nSPS) is 28.0. The van der Waals surface area contributed by atoms with E-state index in [1.54, 1.807) is 59.9 Å². The van der Waals surface area contributed by atoms with Gasteiger partial charge in [-0.3, -0.25) is 19.4 Å². The Kier molecular flexibility index (Phi) is 6.23. The van der Waals surface area contributed by atoms with Crippen LogP contribution in [-0.4, -0.2) is 44.6 Å². The number of hydrogen-bond acceptors (Lipinski definition) is 7. The number of ether oxygens (including phenoxy) is 2. The minimum Gasteiger partial charge on any atom is -0.460 e. The van der Waals surface area contributed by atoms with Crippen molar-refractivity contribution in [3.63, 3.8) is 0 Å². The van der Waals surface area contributed by atoms with Gasteiger partial charge >= 0.3 is 11.9 Å². The van der Waals surface area contributed by atoms with Gasteiger partial charge in [-0.05, 0) is 60.1 Å². The number of aliphatic hydroxyl groups is 1. The highest BCUT2D eigenvalue weighted by atomic mass is 16.6. The van der Waals surface area contributed by atoms with Crippen LogP contribution in [0.3, 0.4) is 0 Å². The van der Waals surface area contributed by atoms with Crippen molar-refractivity contribution in [3.8, 4) is 0 Å². The molecule has 0 radical (unpaired) electrons. The molecule has 29 heavy (non-hydrogen) atoms. The van der Waals surface area contributed by atoms with Crippen LogP contribution in [0.5, 0.6) is 0 Å². The number of aromatic nitrogens is 1. The van der Waals surface area contributed by atoms with Crippen LogP contribution in [0.1, 0.15) is 66.4 Å². The Bertz CT molecular complexity index is 773. The molecule has 0 aliphatic heterocycles. The molecule has 1 aromatic heterocycles. The first-order valence-electron chi connectivity index (χ1n) is 9.73. The minimum atomic E-state index is -1.68. The molecular weight excluding hydrogens is 374 g/mol. The number of carbonyl (C=O) groups is 3. The van der Waals surface area contributed by atoms with Gasteiger partial charge < -0.3 is 14.6 Å². The van der Waals surface area contributed by atoms with E-state index in [2.05, 4.69) is 4.98 Å². The average molecular weight is 405 g/mol. The van der Waals surface area contributed by atoms with Gasteiger partial charge in [0.05, 0.1) is 11.5 Å². The lowest BCUT2D eigenvalue weighted by Crippen LogP contribution is -2.56. The monoisotopic (exact) mass is 405 g/mol. The van der Waals surface area contributed by atoms with Crippen molar-refractivity contribution in [2.75, 3.05) is 0 Å². The van der Waals surface area contributed by atoms with Crippen LogP contribution < -0.4 is 0 Å². The maximum atomic E-state index is 13.1. The molecule has 0 bridgehead atoms. The Hall–Kier alpha value is -2.28. The summed E-state index contributed by atoms with van der Waals surface area (Å²) in [5, 5.41) is 11.0. The predicted molar refractivity (Wildman–Crippen MR) is 106 cm³/mol. The van der Waals surface area contributed by atoms with Crippen LogP contribution in [0, 0.1) is 11.8 Å². The first kappa shape index (κ1) is 23.0. The van der Waals surface area contributed by atoms with E-state index in [-0.39, 0.29) is 6.42 Å². The van der Waals surface area contributed by atoms with Gasteiger partial charge in [0.1, 0.15) is 17.1 Å². The fourth-order valence-corrected chi connectivity index (χ4v) is 3.72. The summed E-state index contributed by atoms with van der Waals surface area (Å²) >= 11 is 0. The SMILES string of the molecule is CC(C)(C)OC(=O)[C@H]1C(=O)C[C@@](C)(O)[C@@H](C(=O)OC(C)(C)C)[C@H]1c1cccnc1. The van der Waals surface area contributed by atoms with Crippen LogP contribution in [0.4, 0.5) is 0 Å². The molecule has 4 atom stereocenters. The van der Waals surface area contributed by atoms with Crippen molar-refractivity contribution >= 4 is 17.7 Å². The highest BCUT2D eigenvalue weighted by Crippen LogP contribution is 2.47. The Labute approximate surface area is 171 Å². The van der Waals surface area contributed by atoms with E-state index in [0.29, 0.717) is 5.56 Å². The maximum absolute atomic E-state index is 13.1. The molecule has 1 aromatic rings. The third-order valence-corrected chi connectivity index (χ3v) is 4.66. The zero-order valence-corrected chi connectivity index (χ0v) is 18.2. The van der Waals surface area contributed by atoms with Crippen LogP contribution in [0.2, 0.25) is 0 Å². The molecule has 0 amide bonds. The van der Waals surface area contributed by atoms with Crippen LogP contribution in [0.25, 0.3) is 0 Å². The quantitative estimate of drug-likeness (QED) is 0.609. The maximum Gasteiger partial charge on any atom is 0.317 e. The largest absolute Gasteiger partial charge is 0.460 e. The molecule has 0 unspecified atom stereocenters. The summed E-state index contributed by atoms with van der Waals surface area (Å²) in [4.78, 5) is 43.1. The molecule has 0 aromatic carbocycles. The second-order valence-corrected chi connectivity index (χ2v) is 9.83. The minimum absolute atomic E-state index is 0.350. The highest BCUT2D eigenvalue weighted by molar-refractivity contribution is 6.03. The fraction of sp³-hybridized carbons (Fsp3) is 0.636. The Balaban J connectivity index is 2.59. The number of Topliss-reactive ketones (excluding diaryl/α,β-unsaturated/α-hetero) is 1. The first-order valence-corrected chi connectivity index (χ1v) is 9.73. The average Bonchev–Trinajstić information content (AvgIpc) is 2.50. The Morgan fingerprint density at radius 3 is 2.14 bits per heavy atom. The summed E-state index contributed by atoms with van der Waals surface area (Å²) < 4.78 is 11.0. The van der Waals surface area contributed by atoms with Gasteiger partial charge in [-0.2, -0.15) is 0 Å². The number of hydrogen-bond donors (Lipinski definition) is 1. The van der Waals surface area contributed by atoms with E-state index in [1.165, 1.54) is 13.1 Å². The first-order chi connectivity index (χ1) is 13.1. The summed E-state index contributed by atoms with van der Waals surface area (Å²) in [6, 6.07) is 3.34. The number of pyridine rings is 1. The fourth-order valence-electron chi connectivity index (χ4n) is 3.72. The van der Waals surface area contributed by atoms with Crippen molar-refractivity contribution in [2.45, 2.75) is 77.6 Å². The van der Waals surface area contributed by atoms with Crippen molar-refractivity contribution in [3.05, 3.63) is 30.1 Å². The standard InChI is InChI=1S/C22H31NO6/c1-20(2,3)28-18(25)16-14(24)11-22(7,27)17(19(26)29-21(4,5)6)15(16)13-9-8-10-23-12-13/h8-10,12,15-17,27H,11H2,1-7H3/t15-,16-,17+,22+/m0/s1. The summed E-state index contributed by atoms with van der Waals surface area (Å²) in [5.41, 5.74) is -2.79. The number of rotatable bonds is 3. The Morgan fingerprint density at radius 2 is 1.66 bits per heavy atom. The summed E-state index contributed by atoms with van der Waals surface area (Å²) in [6.07, 6.45) is 2.70. The van der Waals surface area contributed by atoms with E-state index in [1.807, 2.05) is 0 Å². The molecule has 1 aliphatic carbocycles. The molecule has 1 aliphatic rings. The van der Waals surface area contributed by atoms with Crippen molar-refractivity contribution in [1.82, 2.24) is 4.98 Å². The summed E-state index contributed by atoms with van der Waals surface area (Å²) in [7, 11) is 0. The highest BCUT2D eigenvalue weighted by Gasteiger charge is 2.57. The van der Waals surface area contributed by atoms with Crippen molar-refractivity contribution < 1.29 is 29.0 Å². The molecule has 0 saturated heterocycles. The topological polar surface area (TPSA) is 103 Å². The van der Waals surface area contributed by atoms with Gasteiger partial charge in [0, 0.05) is 24.7 Å². The number of carbonyl (C=O) groups excluding carboxylic acids is 3. The second-order valence-electron chi connectivity index (χ2n) is 9.83. The molecule has 1 heterocycles. The van der Waals surface area contributed by atoms with E-state index in [0.717, 1.165) is 0 Å². The van der Waals surface area contributed by atoms with Gasteiger partial charge in [0.25, 0.3) is 0 Å². The molecule has 7 nitrogen and oxygen atoms in total. The molecule has 1 N–H and O–H groups in total. The van der Waals surface area contributed by atoms with E-state index in [9.17, 15) is 19.5 Å². The third-order valence-electron chi connectivity index (χ3n) is 4.66. The molecule has 1 saturated carbocycles. The molecule has 7 heteroatoms. The van der Waals surface area contributed by atoms with Gasteiger partial charge in [0.15, 0.2) is 5.78 Å². The summed E-state index contributed by atoms with van der Waals surface area (Å²) in [5.74, 6) is -5.20. The van der Waals surface area contributed by atoms with E-state index < -0.39 is 52.3 Å². The third kappa shape index (κ3) is 5.63. The molecule has 160 valence electrons. The van der Waals surface area contributed by atoms with Gasteiger partial charge in [-0.25, -0.2) is 0 Å². The van der Waals surface area contributed by atoms with Crippen molar-refractivity contribution in [2.24, 2.45) is 11.8 Å². The van der Waals surface area contributed by atoms with Crippen molar-refractivity contribution in [1.29, 1.82) is 0 Å². The Morgan fingerprint density at radius 1 is 1.10 bits per heavy atom. The lowest BCUT2D eigenvalue weighted by Gasteiger charge is -2.44. The molecule has 2 rings (SSSR count). The number of nitrogens with zero attached hydrogens (tertiary/aromatic N) is 1. The van der Waals surface area contributed by atoms with Crippen LogP contribution in [0.15, 0.2) is 24.5 Å². The smallest absolute Gasteiger partial charge is 0.317 e. The number of ketones is 1. The second kappa shape index (κ2) is 7.86. The van der Waals surface area contributed by atoms with Gasteiger partial charge in [-0.15, -0.1) is 0 Å².